The number of halogens is 1. The molecule has 0 spiro atoms. The van der Waals surface area contributed by atoms with Gasteiger partial charge in [0.1, 0.15) is 0 Å². The van der Waals surface area contributed by atoms with E-state index in [1.165, 1.54) is 0 Å². The van der Waals surface area contributed by atoms with Crippen molar-refractivity contribution in [2.75, 3.05) is 0 Å². The zero-order chi connectivity index (χ0) is 6.53. The average Bonchev–Trinajstić information content (AvgIpc) is 1.91. The third kappa shape index (κ3) is 1.96. The van der Waals surface area contributed by atoms with Gasteiger partial charge in [0.15, 0.2) is 5.56 Å². The molecular formula is C8H6Br+. The number of rotatable bonds is 1. The zero-order valence-electron chi connectivity index (χ0n) is 4.84. The summed E-state index contributed by atoms with van der Waals surface area (Å²) in [5.74, 6) is 0. The van der Waals surface area contributed by atoms with Gasteiger partial charge in [0.25, 0.3) is 0 Å². The van der Waals surface area contributed by atoms with Gasteiger partial charge < -0.3 is 0 Å². The molecule has 0 heterocycles. The molecule has 0 fully saturated rings. The highest BCUT2D eigenvalue weighted by Crippen LogP contribution is 1.98. The molecule has 0 nitrogen and oxygen atoms in total. The second-order valence-electron chi connectivity index (χ2n) is 1.62. The third-order valence-corrected chi connectivity index (χ3v) is 1.22. The van der Waals surface area contributed by atoms with Gasteiger partial charge in [-0.25, -0.2) is 0 Å². The zero-order valence-corrected chi connectivity index (χ0v) is 6.43. The Balaban J connectivity index is 2.85. The van der Waals surface area contributed by atoms with Crippen LogP contribution < -0.4 is 0 Å². The van der Waals surface area contributed by atoms with Crippen LogP contribution in [0.2, 0.25) is 0 Å². The number of benzene rings is 1. The molecule has 0 N–H and O–H groups in total. The summed E-state index contributed by atoms with van der Waals surface area (Å²) < 4.78 is 0. The van der Waals surface area contributed by atoms with Crippen molar-refractivity contribution in [3.05, 3.63) is 47.0 Å². The number of hydrogen-bond donors (Lipinski definition) is 0. The summed E-state index contributed by atoms with van der Waals surface area (Å²) in [6.45, 7) is 0. The Morgan fingerprint density at radius 1 is 1.22 bits per heavy atom. The molecule has 0 aliphatic carbocycles. The van der Waals surface area contributed by atoms with Crippen LogP contribution in [0.5, 0.6) is 0 Å². The van der Waals surface area contributed by atoms with E-state index in [0.29, 0.717) is 0 Å². The lowest BCUT2D eigenvalue weighted by molar-refractivity contribution is 1.58. The maximum atomic E-state index is 3.15. The summed E-state index contributed by atoms with van der Waals surface area (Å²) in [5.41, 5.74) is 1.09. The molecule has 0 aliphatic heterocycles. The highest BCUT2D eigenvalue weighted by atomic mass is 79.9. The SMILES string of the molecule is BrC=[C+]c1ccccc1. The number of hydrogen-bond acceptors (Lipinski definition) is 0. The van der Waals surface area contributed by atoms with Crippen LogP contribution in [0.4, 0.5) is 0 Å². The van der Waals surface area contributed by atoms with Gasteiger partial charge in [-0.05, 0) is 34.1 Å². The topological polar surface area (TPSA) is 0 Å². The quantitative estimate of drug-likeness (QED) is 0.585. The second kappa shape index (κ2) is 3.39. The molecule has 1 aromatic rings. The molecule has 0 unspecified atom stereocenters. The van der Waals surface area contributed by atoms with Crippen LogP contribution in [0.15, 0.2) is 35.3 Å². The predicted octanol–water partition coefficient (Wildman–Crippen LogP) is 2.75. The van der Waals surface area contributed by atoms with Crippen molar-refractivity contribution in [2.24, 2.45) is 0 Å². The van der Waals surface area contributed by atoms with E-state index in [1.54, 1.807) is 4.99 Å². The summed E-state index contributed by atoms with van der Waals surface area (Å²) in [6, 6.07) is 9.95. The molecule has 0 aromatic heterocycles. The van der Waals surface area contributed by atoms with Crippen molar-refractivity contribution >= 4 is 15.9 Å². The molecule has 0 atom stereocenters. The van der Waals surface area contributed by atoms with Crippen LogP contribution in [0.1, 0.15) is 5.56 Å². The highest BCUT2D eigenvalue weighted by molar-refractivity contribution is 9.11. The molecule has 0 amide bonds. The van der Waals surface area contributed by atoms with Gasteiger partial charge in [-0.15, -0.1) is 0 Å². The fraction of sp³-hybridized carbons (Fsp3) is 0. The van der Waals surface area contributed by atoms with E-state index in [0.717, 1.165) is 5.56 Å². The summed E-state index contributed by atoms with van der Waals surface area (Å²) in [5, 5.41) is 0. The summed E-state index contributed by atoms with van der Waals surface area (Å²) in [7, 11) is 0. The monoisotopic (exact) mass is 181 g/mol. The molecule has 0 bridgehead atoms. The molecule has 0 aliphatic rings. The molecule has 1 rings (SSSR count). The maximum absolute atomic E-state index is 3.15. The van der Waals surface area contributed by atoms with Gasteiger partial charge in [0.05, 0.1) is 23.2 Å². The smallest absolute Gasteiger partial charge is 0.0355 e. The third-order valence-electron chi connectivity index (χ3n) is 0.995. The van der Waals surface area contributed by atoms with Crippen LogP contribution >= 0.6 is 15.9 Å². The largest absolute Gasteiger partial charge is 0.188 e. The maximum Gasteiger partial charge on any atom is 0.188 e. The molecule has 1 aromatic carbocycles. The van der Waals surface area contributed by atoms with E-state index in [9.17, 15) is 0 Å². The second-order valence-corrected chi connectivity index (χ2v) is 2.08. The molecule has 0 saturated carbocycles. The Morgan fingerprint density at radius 2 is 1.89 bits per heavy atom. The molecule has 0 saturated heterocycles. The van der Waals surface area contributed by atoms with Crippen LogP contribution in [0, 0.1) is 6.08 Å². The normalized spacial score (nSPS) is 9.44. The summed E-state index contributed by atoms with van der Waals surface area (Å²) >= 11 is 3.15. The van der Waals surface area contributed by atoms with E-state index in [4.69, 9.17) is 0 Å². The van der Waals surface area contributed by atoms with Crippen molar-refractivity contribution in [1.82, 2.24) is 0 Å². The minimum absolute atomic E-state index is 1.09. The Bertz CT molecular complexity index is 189. The predicted molar refractivity (Wildman–Crippen MR) is 42.3 cm³/mol. The van der Waals surface area contributed by atoms with Crippen molar-refractivity contribution < 1.29 is 0 Å². The standard InChI is InChI=1S/C8H6Br/c9-7-6-8-4-2-1-3-5-8/h1-5,7H/q+1. The van der Waals surface area contributed by atoms with Crippen molar-refractivity contribution in [1.29, 1.82) is 0 Å². The minimum atomic E-state index is 1.09. The summed E-state index contributed by atoms with van der Waals surface area (Å²) in [6.07, 6.45) is 3.00. The van der Waals surface area contributed by atoms with E-state index < -0.39 is 0 Å². The van der Waals surface area contributed by atoms with E-state index in [2.05, 4.69) is 22.0 Å². The molecule has 9 heavy (non-hydrogen) atoms. The van der Waals surface area contributed by atoms with Crippen molar-refractivity contribution in [3.63, 3.8) is 0 Å². The first-order valence-electron chi connectivity index (χ1n) is 2.67. The first-order valence-corrected chi connectivity index (χ1v) is 3.58. The van der Waals surface area contributed by atoms with Gasteiger partial charge in [-0.2, -0.15) is 0 Å². The molecule has 0 radical (unpaired) electrons. The Kier molecular flexibility index (Phi) is 2.44. The van der Waals surface area contributed by atoms with Crippen molar-refractivity contribution in [2.45, 2.75) is 0 Å². The lowest BCUT2D eigenvalue weighted by atomic mass is 10.2. The molecule has 1 heteroatoms. The van der Waals surface area contributed by atoms with Crippen LogP contribution in [-0.4, -0.2) is 0 Å². The van der Waals surface area contributed by atoms with Crippen LogP contribution in [0.3, 0.4) is 0 Å². The fourth-order valence-corrected chi connectivity index (χ4v) is 0.862. The van der Waals surface area contributed by atoms with Crippen molar-refractivity contribution in [3.8, 4) is 0 Å². The van der Waals surface area contributed by atoms with Gasteiger partial charge in [-0.1, -0.05) is 0 Å². The summed E-state index contributed by atoms with van der Waals surface area (Å²) in [4.78, 5) is 1.72. The van der Waals surface area contributed by atoms with E-state index in [1.807, 2.05) is 30.3 Å². The first-order chi connectivity index (χ1) is 4.43. The molecular weight excluding hydrogens is 176 g/mol. The van der Waals surface area contributed by atoms with E-state index >= 15 is 0 Å². The van der Waals surface area contributed by atoms with Crippen LogP contribution in [-0.2, 0) is 0 Å². The fourth-order valence-electron chi connectivity index (χ4n) is 0.597. The van der Waals surface area contributed by atoms with Gasteiger partial charge in [0, 0.05) is 0 Å². The van der Waals surface area contributed by atoms with Crippen LogP contribution in [0.25, 0.3) is 0 Å². The Hall–Kier alpha value is -0.650. The van der Waals surface area contributed by atoms with Gasteiger partial charge in [0.2, 0.25) is 0 Å². The van der Waals surface area contributed by atoms with Gasteiger partial charge in [-0.3, -0.25) is 0 Å². The van der Waals surface area contributed by atoms with Gasteiger partial charge >= 0.3 is 0 Å². The molecule has 44 valence electrons. The van der Waals surface area contributed by atoms with E-state index in [-0.39, 0.29) is 0 Å². The first kappa shape index (κ1) is 6.47. The lowest BCUT2D eigenvalue weighted by Crippen LogP contribution is -1.67. The lowest BCUT2D eigenvalue weighted by Gasteiger charge is -1.74. The average molecular weight is 182 g/mol. The highest BCUT2D eigenvalue weighted by Gasteiger charge is 1.91. The minimum Gasteiger partial charge on any atom is -0.0355 e. The Morgan fingerprint density at radius 3 is 2.44 bits per heavy atom. The Labute approximate surface area is 63.3 Å².